The predicted molar refractivity (Wildman–Crippen MR) is 99.7 cm³/mol. The highest BCUT2D eigenvalue weighted by atomic mass is 32.2. The van der Waals surface area contributed by atoms with Gasteiger partial charge in [-0.2, -0.15) is 10.2 Å². The van der Waals surface area contributed by atoms with Crippen LogP contribution in [0.4, 0.5) is 11.6 Å². The van der Waals surface area contributed by atoms with Crippen LogP contribution in [0.25, 0.3) is 11.2 Å². The average Bonchev–Trinajstić information content (AvgIpc) is 3.14. The first-order chi connectivity index (χ1) is 13.0. The molecule has 0 fully saturated rings. The highest BCUT2D eigenvalue weighted by Gasteiger charge is 2.15. The molecule has 0 unspecified atom stereocenters. The van der Waals surface area contributed by atoms with Gasteiger partial charge >= 0.3 is 0 Å². The van der Waals surface area contributed by atoms with Crippen LogP contribution in [0.15, 0.2) is 23.5 Å². The first-order valence-corrected chi connectivity index (χ1v) is 8.59. The van der Waals surface area contributed by atoms with Gasteiger partial charge in [-0.3, -0.25) is 4.79 Å². The molecule has 0 aliphatic carbocycles. The van der Waals surface area contributed by atoms with Crippen LogP contribution >= 0.6 is 11.8 Å². The predicted octanol–water partition coefficient (Wildman–Crippen LogP) is 1.55. The molecule has 27 heavy (non-hydrogen) atoms. The van der Waals surface area contributed by atoms with Crippen LogP contribution in [0.2, 0.25) is 0 Å². The fourth-order valence-electron chi connectivity index (χ4n) is 2.32. The largest absolute Gasteiger partial charge is 0.493 e. The maximum atomic E-state index is 12.4. The number of amides is 1. The summed E-state index contributed by atoms with van der Waals surface area (Å²) < 4.78 is 10.4. The van der Waals surface area contributed by atoms with Gasteiger partial charge < -0.3 is 25.5 Å². The number of hydrogen-bond acceptors (Lipinski definition) is 9. The average molecular weight is 385 g/mol. The molecule has 0 saturated heterocycles. The number of ether oxygens (including phenoxy) is 2. The molecular formula is C16H15N7O3S. The van der Waals surface area contributed by atoms with Gasteiger partial charge in [-0.15, -0.1) is 0 Å². The van der Waals surface area contributed by atoms with Crippen LogP contribution < -0.4 is 20.5 Å². The number of carbonyl (C=O) groups is 1. The van der Waals surface area contributed by atoms with E-state index >= 15 is 0 Å². The van der Waals surface area contributed by atoms with Gasteiger partial charge in [0, 0.05) is 12.1 Å². The summed E-state index contributed by atoms with van der Waals surface area (Å²) in [6.45, 7) is 0. The Labute approximate surface area is 158 Å². The fraction of sp³-hybridized carbons (Fsp3) is 0.188. The van der Waals surface area contributed by atoms with Crippen LogP contribution in [-0.4, -0.2) is 45.8 Å². The number of hydrogen-bond donors (Lipinski definition) is 3. The Morgan fingerprint density at radius 2 is 2.07 bits per heavy atom. The maximum Gasteiger partial charge on any atom is 0.234 e. The summed E-state index contributed by atoms with van der Waals surface area (Å²) in [5, 5.41) is 12.5. The normalized spacial score (nSPS) is 10.4. The number of rotatable bonds is 6. The number of aromatic nitrogens is 4. The van der Waals surface area contributed by atoms with E-state index in [4.69, 9.17) is 15.2 Å². The van der Waals surface area contributed by atoms with Gasteiger partial charge in [-0.25, -0.2) is 9.97 Å². The van der Waals surface area contributed by atoms with Gasteiger partial charge in [0.2, 0.25) is 11.9 Å². The topological polar surface area (TPSA) is 152 Å². The quantitative estimate of drug-likeness (QED) is 0.424. The zero-order valence-corrected chi connectivity index (χ0v) is 15.3. The van der Waals surface area contributed by atoms with E-state index in [9.17, 15) is 10.1 Å². The molecule has 4 N–H and O–H groups in total. The molecule has 2 heterocycles. The Morgan fingerprint density at radius 3 is 2.78 bits per heavy atom. The molecule has 0 bridgehead atoms. The van der Waals surface area contributed by atoms with Crippen molar-refractivity contribution < 1.29 is 14.3 Å². The van der Waals surface area contributed by atoms with Crippen LogP contribution in [-0.2, 0) is 4.79 Å². The molecule has 3 aromatic rings. The van der Waals surface area contributed by atoms with Crippen molar-refractivity contribution in [1.29, 1.82) is 5.26 Å². The number of nitrogens with zero attached hydrogens (tertiary/aromatic N) is 4. The number of benzene rings is 1. The van der Waals surface area contributed by atoms with Gasteiger partial charge in [-0.05, 0) is 0 Å². The molecule has 0 spiro atoms. The summed E-state index contributed by atoms with van der Waals surface area (Å²) in [6.07, 6.45) is 1.48. The Hall–Kier alpha value is -3.52. The zero-order chi connectivity index (χ0) is 19.4. The lowest BCUT2D eigenvalue weighted by Gasteiger charge is -2.12. The molecule has 138 valence electrons. The number of nitrogen functional groups attached to an aromatic ring is 1. The van der Waals surface area contributed by atoms with Crippen LogP contribution in [0.5, 0.6) is 11.5 Å². The third-order valence-electron chi connectivity index (χ3n) is 3.53. The molecule has 11 heteroatoms. The van der Waals surface area contributed by atoms with E-state index < -0.39 is 0 Å². The molecule has 1 aromatic carbocycles. The van der Waals surface area contributed by atoms with Gasteiger partial charge in [0.25, 0.3) is 0 Å². The summed E-state index contributed by atoms with van der Waals surface area (Å²) in [7, 11) is 2.94. The molecule has 0 aliphatic rings. The van der Waals surface area contributed by atoms with Gasteiger partial charge in [0.15, 0.2) is 17.1 Å². The van der Waals surface area contributed by atoms with Crippen molar-refractivity contribution in [2.45, 2.75) is 5.03 Å². The van der Waals surface area contributed by atoms with Crippen LogP contribution in [0.1, 0.15) is 5.56 Å². The Kier molecular flexibility index (Phi) is 5.28. The van der Waals surface area contributed by atoms with E-state index in [-0.39, 0.29) is 23.2 Å². The SMILES string of the molecule is COc1cc(C#N)c(NC(=O)CSc2nc(N)nc3nc[nH]c23)cc1OC. The number of aromatic amines is 1. The van der Waals surface area contributed by atoms with Gasteiger partial charge in [0.05, 0.1) is 37.6 Å². The lowest BCUT2D eigenvalue weighted by molar-refractivity contribution is -0.113. The van der Waals surface area contributed by atoms with Crippen molar-refractivity contribution in [3.63, 3.8) is 0 Å². The first kappa shape index (κ1) is 18.3. The second kappa shape index (κ2) is 7.79. The number of carbonyl (C=O) groups excluding carboxylic acids is 1. The Bertz CT molecular complexity index is 1040. The highest BCUT2D eigenvalue weighted by Crippen LogP contribution is 2.33. The van der Waals surface area contributed by atoms with Gasteiger partial charge in [0.1, 0.15) is 16.6 Å². The minimum Gasteiger partial charge on any atom is -0.493 e. The summed E-state index contributed by atoms with van der Waals surface area (Å²) in [5.74, 6) is 0.600. The summed E-state index contributed by atoms with van der Waals surface area (Å²) >= 11 is 1.17. The minimum absolute atomic E-state index is 0.0454. The summed E-state index contributed by atoms with van der Waals surface area (Å²) in [6, 6.07) is 5.06. The van der Waals surface area contributed by atoms with Crippen molar-refractivity contribution in [2.75, 3.05) is 31.0 Å². The van der Waals surface area contributed by atoms with Gasteiger partial charge in [-0.1, -0.05) is 11.8 Å². The molecule has 0 radical (unpaired) electrons. The lowest BCUT2D eigenvalue weighted by Crippen LogP contribution is -2.15. The summed E-state index contributed by atoms with van der Waals surface area (Å²) in [5.41, 5.74) is 7.28. The fourth-order valence-corrected chi connectivity index (χ4v) is 3.11. The smallest absolute Gasteiger partial charge is 0.234 e. The lowest BCUT2D eigenvalue weighted by atomic mass is 10.1. The summed E-state index contributed by atoms with van der Waals surface area (Å²) in [4.78, 5) is 27.4. The number of nitriles is 1. The van der Waals surface area contributed by atoms with Crippen molar-refractivity contribution in [3.05, 3.63) is 24.0 Å². The molecular weight excluding hydrogens is 370 g/mol. The van der Waals surface area contributed by atoms with Crippen molar-refractivity contribution in [3.8, 4) is 17.6 Å². The monoisotopic (exact) mass is 385 g/mol. The Morgan fingerprint density at radius 1 is 1.33 bits per heavy atom. The minimum atomic E-state index is -0.325. The number of fused-ring (bicyclic) bond motifs is 1. The third kappa shape index (κ3) is 3.85. The number of nitrogens with two attached hydrogens (primary N) is 1. The second-order valence-corrected chi connectivity index (χ2v) is 6.15. The molecule has 3 rings (SSSR count). The highest BCUT2D eigenvalue weighted by molar-refractivity contribution is 8.00. The molecule has 0 aliphatic heterocycles. The molecule has 10 nitrogen and oxygen atoms in total. The van der Waals surface area contributed by atoms with E-state index in [0.29, 0.717) is 33.4 Å². The number of imidazole rings is 1. The van der Waals surface area contributed by atoms with Crippen molar-refractivity contribution >= 4 is 40.5 Å². The maximum absolute atomic E-state index is 12.4. The van der Waals surface area contributed by atoms with Crippen LogP contribution in [0, 0.1) is 11.3 Å². The molecule has 0 atom stereocenters. The zero-order valence-electron chi connectivity index (χ0n) is 14.4. The number of methoxy groups -OCH3 is 2. The standard InChI is InChI=1S/C16H15N7O3S/c1-25-10-3-8(5-17)9(4-11(10)26-2)21-12(24)6-27-15-13-14(20-7-19-13)22-16(18)23-15/h3-4,7H,6H2,1-2H3,(H,21,24)(H3,18,19,20,22,23). The third-order valence-corrected chi connectivity index (χ3v) is 4.50. The molecule has 0 saturated carbocycles. The van der Waals surface area contributed by atoms with E-state index in [1.54, 1.807) is 0 Å². The Balaban J connectivity index is 1.76. The van der Waals surface area contributed by atoms with E-state index in [1.807, 2.05) is 6.07 Å². The first-order valence-electron chi connectivity index (χ1n) is 7.61. The van der Waals surface area contributed by atoms with Crippen LogP contribution in [0.3, 0.4) is 0 Å². The van der Waals surface area contributed by atoms with Crippen molar-refractivity contribution in [2.24, 2.45) is 0 Å². The van der Waals surface area contributed by atoms with E-state index in [2.05, 4.69) is 25.3 Å². The second-order valence-electron chi connectivity index (χ2n) is 5.19. The van der Waals surface area contributed by atoms with E-state index in [1.165, 1.54) is 44.4 Å². The number of thioether (sulfide) groups is 1. The number of H-pyrrole nitrogens is 1. The number of nitrogens with one attached hydrogen (secondary N) is 2. The number of anilines is 2. The molecule has 2 aromatic heterocycles. The van der Waals surface area contributed by atoms with Crippen molar-refractivity contribution in [1.82, 2.24) is 19.9 Å². The molecule has 1 amide bonds. The van der Waals surface area contributed by atoms with E-state index in [0.717, 1.165) is 0 Å².